The molecule has 0 aliphatic carbocycles. The maximum absolute atomic E-state index is 10.4. The standard InChI is InChI=1S/C11H6O/c1-3-9-5-10(4-2)7-11(6-9)8-12/h1-2,5-8H. The van der Waals surface area contributed by atoms with E-state index < -0.39 is 0 Å². The summed E-state index contributed by atoms with van der Waals surface area (Å²) in [6.45, 7) is 0. The van der Waals surface area contributed by atoms with E-state index in [1.807, 2.05) is 0 Å². The lowest BCUT2D eigenvalue weighted by molar-refractivity contribution is 0.112. The van der Waals surface area contributed by atoms with Crippen LogP contribution < -0.4 is 0 Å². The highest BCUT2D eigenvalue weighted by Gasteiger charge is 1.95. The van der Waals surface area contributed by atoms with Gasteiger partial charge in [-0.1, -0.05) is 11.8 Å². The molecule has 1 rings (SSSR count). The van der Waals surface area contributed by atoms with Crippen LogP contribution in [0.4, 0.5) is 0 Å². The van der Waals surface area contributed by atoms with Gasteiger partial charge in [0.05, 0.1) is 0 Å². The molecule has 0 saturated heterocycles. The number of hydrogen-bond donors (Lipinski definition) is 0. The van der Waals surface area contributed by atoms with Crippen molar-refractivity contribution in [3.8, 4) is 24.7 Å². The van der Waals surface area contributed by atoms with Crippen molar-refractivity contribution in [1.29, 1.82) is 0 Å². The number of carbonyl (C=O) groups is 1. The van der Waals surface area contributed by atoms with Crippen molar-refractivity contribution in [1.82, 2.24) is 0 Å². The summed E-state index contributed by atoms with van der Waals surface area (Å²) in [5.74, 6) is 4.84. The van der Waals surface area contributed by atoms with Gasteiger partial charge in [-0.15, -0.1) is 12.8 Å². The summed E-state index contributed by atoms with van der Waals surface area (Å²) in [4.78, 5) is 10.4. The fourth-order valence-corrected chi connectivity index (χ4v) is 0.886. The van der Waals surface area contributed by atoms with Gasteiger partial charge in [-0.05, 0) is 18.2 Å². The highest BCUT2D eigenvalue weighted by atomic mass is 16.1. The predicted octanol–water partition coefficient (Wildman–Crippen LogP) is 1.46. The highest BCUT2D eigenvalue weighted by Crippen LogP contribution is 2.06. The first-order valence-corrected chi connectivity index (χ1v) is 3.33. The normalized spacial score (nSPS) is 8.17. The molecule has 0 saturated carbocycles. The Morgan fingerprint density at radius 3 is 1.92 bits per heavy atom. The van der Waals surface area contributed by atoms with Crippen molar-refractivity contribution in [2.24, 2.45) is 0 Å². The summed E-state index contributed by atoms with van der Waals surface area (Å²) < 4.78 is 0. The van der Waals surface area contributed by atoms with Crippen LogP contribution in [-0.2, 0) is 0 Å². The number of terminal acetylenes is 2. The number of aldehydes is 1. The molecule has 0 bridgehead atoms. The Morgan fingerprint density at radius 1 is 1.08 bits per heavy atom. The summed E-state index contributed by atoms with van der Waals surface area (Å²) in [7, 11) is 0. The fraction of sp³-hybridized carbons (Fsp3) is 0. The topological polar surface area (TPSA) is 17.1 Å². The molecule has 12 heavy (non-hydrogen) atoms. The largest absolute Gasteiger partial charge is 0.298 e. The molecular formula is C11H6O. The van der Waals surface area contributed by atoms with Crippen LogP contribution in [0, 0.1) is 24.7 Å². The zero-order chi connectivity index (χ0) is 8.97. The Hall–Kier alpha value is -1.99. The van der Waals surface area contributed by atoms with Gasteiger partial charge in [-0.25, -0.2) is 0 Å². The second-order valence-electron chi connectivity index (χ2n) is 2.25. The first-order chi connectivity index (χ1) is 5.80. The van der Waals surface area contributed by atoms with Gasteiger partial charge in [0.2, 0.25) is 0 Å². The molecule has 0 N–H and O–H groups in total. The van der Waals surface area contributed by atoms with Crippen molar-refractivity contribution in [2.45, 2.75) is 0 Å². The summed E-state index contributed by atoms with van der Waals surface area (Å²) in [5, 5.41) is 0. The minimum Gasteiger partial charge on any atom is -0.298 e. The Labute approximate surface area is 71.4 Å². The molecule has 1 aromatic rings. The zero-order valence-corrected chi connectivity index (χ0v) is 6.37. The van der Waals surface area contributed by atoms with Gasteiger partial charge < -0.3 is 0 Å². The average Bonchev–Trinajstić information content (AvgIpc) is 2.16. The van der Waals surface area contributed by atoms with Crippen LogP contribution in [0.5, 0.6) is 0 Å². The highest BCUT2D eigenvalue weighted by molar-refractivity contribution is 5.76. The molecule has 0 fully saturated rings. The maximum Gasteiger partial charge on any atom is 0.150 e. The Morgan fingerprint density at radius 2 is 1.58 bits per heavy atom. The van der Waals surface area contributed by atoms with Crippen molar-refractivity contribution in [3.63, 3.8) is 0 Å². The van der Waals surface area contributed by atoms with E-state index in [-0.39, 0.29) is 0 Å². The van der Waals surface area contributed by atoms with E-state index in [1.54, 1.807) is 18.2 Å². The van der Waals surface area contributed by atoms with Gasteiger partial charge in [-0.3, -0.25) is 4.79 Å². The van der Waals surface area contributed by atoms with E-state index in [4.69, 9.17) is 12.8 Å². The van der Waals surface area contributed by atoms with E-state index in [0.717, 1.165) is 6.29 Å². The van der Waals surface area contributed by atoms with E-state index >= 15 is 0 Å². The number of benzene rings is 1. The summed E-state index contributed by atoms with van der Waals surface area (Å²) in [6.07, 6.45) is 11.0. The third kappa shape index (κ3) is 1.54. The van der Waals surface area contributed by atoms with Crippen molar-refractivity contribution < 1.29 is 4.79 Å². The molecule has 0 aromatic heterocycles. The fourth-order valence-electron chi connectivity index (χ4n) is 0.886. The van der Waals surface area contributed by atoms with Gasteiger partial charge in [0.15, 0.2) is 0 Å². The van der Waals surface area contributed by atoms with Crippen LogP contribution in [0.2, 0.25) is 0 Å². The van der Waals surface area contributed by atoms with E-state index in [9.17, 15) is 4.79 Å². The maximum atomic E-state index is 10.4. The van der Waals surface area contributed by atoms with Crippen LogP contribution in [0.25, 0.3) is 0 Å². The molecule has 1 heteroatoms. The van der Waals surface area contributed by atoms with Gasteiger partial charge in [0.25, 0.3) is 0 Å². The Balaban J connectivity index is 3.33. The van der Waals surface area contributed by atoms with Crippen molar-refractivity contribution >= 4 is 6.29 Å². The molecule has 0 spiro atoms. The molecule has 0 heterocycles. The van der Waals surface area contributed by atoms with E-state index in [1.165, 1.54) is 0 Å². The van der Waals surface area contributed by atoms with E-state index in [0.29, 0.717) is 16.7 Å². The molecule has 0 atom stereocenters. The van der Waals surface area contributed by atoms with E-state index in [2.05, 4.69) is 11.8 Å². The monoisotopic (exact) mass is 154 g/mol. The molecule has 0 aliphatic heterocycles. The van der Waals surface area contributed by atoms with Gasteiger partial charge >= 0.3 is 0 Å². The lowest BCUT2D eigenvalue weighted by atomic mass is 10.1. The molecule has 0 radical (unpaired) electrons. The molecule has 1 aromatic carbocycles. The predicted molar refractivity (Wildman–Crippen MR) is 47.7 cm³/mol. The first kappa shape index (κ1) is 8.11. The average molecular weight is 154 g/mol. The van der Waals surface area contributed by atoms with Crippen LogP contribution in [-0.4, -0.2) is 6.29 Å². The van der Waals surface area contributed by atoms with Crippen LogP contribution in [0.3, 0.4) is 0 Å². The van der Waals surface area contributed by atoms with Crippen LogP contribution >= 0.6 is 0 Å². The van der Waals surface area contributed by atoms with Crippen molar-refractivity contribution in [3.05, 3.63) is 34.9 Å². The minimum atomic E-state index is 0.512. The second-order valence-corrected chi connectivity index (χ2v) is 2.25. The minimum absolute atomic E-state index is 0.512. The quantitative estimate of drug-likeness (QED) is 0.442. The van der Waals surface area contributed by atoms with Gasteiger partial charge in [-0.2, -0.15) is 0 Å². The SMILES string of the molecule is C#Cc1cc(C#C)cc(C=O)c1. The van der Waals surface area contributed by atoms with Gasteiger partial charge in [0, 0.05) is 16.7 Å². The molecule has 0 unspecified atom stereocenters. The van der Waals surface area contributed by atoms with Crippen LogP contribution in [0.1, 0.15) is 21.5 Å². The number of rotatable bonds is 1. The first-order valence-electron chi connectivity index (χ1n) is 3.33. The smallest absolute Gasteiger partial charge is 0.150 e. The lowest BCUT2D eigenvalue weighted by Crippen LogP contribution is -1.85. The molecule has 0 amide bonds. The molecule has 56 valence electrons. The van der Waals surface area contributed by atoms with Crippen molar-refractivity contribution in [2.75, 3.05) is 0 Å². The molecular weight excluding hydrogens is 148 g/mol. The second kappa shape index (κ2) is 3.42. The summed E-state index contributed by atoms with van der Waals surface area (Å²) in [5.41, 5.74) is 1.78. The molecule has 0 aliphatic rings. The third-order valence-electron chi connectivity index (χ3n) is 1.42. The third-order valence-corrected chi connectivity index (χ3v) is 1.42. The number of carbonyl (C=O) groups excluding carboxylic acids is 1. The van der Waals surface area contributed by atoms with Gasteiger partial charge in [0.1, 0.15) is 6.29 Å². The summed E-state index contributed by atoms with van der Waals surface area (Å²) in [6, 6.07) is 4.93. The Bertz CT molecular complexity index is 356. The molecule has 1 nitrogen and oxygen atoms in total. The number of hydrogen-bond acceptors (Lipinski definition) is 1. The lowest BCUT2D eigenvalue weighted by Gasteiger charge is -1.95. The van der Waals surface area contributed by atoms with Crippen LogP contribution in [0.15, 0.2) is 18.2 Å². The zero-order valence-electron chi connectivity index (χ0n) is 6.37. The Kier molecular flexibility index (Phi) is 2.31. The summed E-state index contributed by atoms with van der Waals surface area (Å²) >= 11 is 0.